The Labute approximate surface area is 213 Å². The molecule has 2 aromatic heterocycles. The maximum Gasteiger partial charge on any atom is 0.113 e. The van der Waals surface area contributed by atoms with Crippen LogP contribution in [0.25, 0.3) is 71.2 Å². The SMILES string of the molecule is c1ccc2cc(-c3ccc(-n4c5ccccc5c5cc6ccccc6cc54)c4nccnc34)ccc2c1. The van der Waals surface area contributed by atoms with Crippen LogP contribution >= 0.6 is 0 Å². The van der Waals surface area contributed by atoms with E-state index in [9.17, 15) is 0 Å². The van der Waals surface area contributed by atoms with E-state index in [4.69, 9.17) is 9.97 Å². The van der Waals surface area contributed by atoms with Crippen molar-refractivity contribution in [2.45, 2.75) is 0 Å². The average Bonchev–Trinajstić information content (AvgIpc) is 3.28. The average molecular weight is 472 g/mol. The first-order valence-corrected chi connectivity index (χ1v) is 12.5. The number of hydrogen-bond acceptors (Lipinski definition) is 2. The van der Waals surface area contributed by atoms with E-state index in [0.717, 1.165) is 27.8 Å². The van der Waals surface area contributed by atoms with Gasteiger partial charge in [0.05, 0.1) is 22.2 Å². The van der Waals surface area contributed by atoms with Crippen LogP contribution in [-0.2, 0) is 0 Å². The van der Waals surface area contributed by atoms with E-state index in [0.29, 0.717) is 0 Å². The first-order chi connectivity index (χ1) is 18.3. The predicted molar refractivity (Wildman–Crippen MR) is 154 cm³/mol. The van der Waals surface area contributed by atoms with Crippen molar-refractivity contribution >= 4 is 54.4 Å². The molecule has 172 valence electrons. The summed E-state index contributed by atoms with van der Waals surface area (Å²) in [6, 6.07) is 41.2. The topological polar surface area (TPSA) is 30.7 Å². The molecule has 0 saturated carbocycles. The number of nitrogens with zero attached hydrogens (tertiary/aromatic N) is 3. The highest BCUT2D eigenvalue weighted by molar-refractivity contribution is 6.14. The molecule has 37 heavy (non-hydrogen) atoms. The molecule has 0 N–H and O–H groups in total. The second-order valence-corrected chi connectivity index (χ2v) is 9.52. The minimum Gasteiger partial charge on any atom is -0.307 e. The maximum absolute atomic E-state index is 4.88. The largest absolute Gasteiger partial charge is 0.307 e. The summed E-state index contributed by atoms with van der Waals surface area (Å²) in [5.74, 6) is 0. The summed E-state index contributed by atoms with van der Waals surface area (Å²) in [4.78, 5) is 9.72. The van der Waals surface area contributed by atoms with Gasteiger partial charge in [0, 0.05) is 28.7 Å². The minimum atomic E-state index is 0.893. The highest BCUT2D eigenvalue weighted by atomic mass is 15.0. The molecule has 0 aliphatic carbocycles. The maximum atomic E-state index is 4.88. The summed E-state index contributed by atoms with van der Waals surface area (Å²) in [7, 11) is 0. The Hall–Kier alpha value is -5.02. The highest BCUT2D eigenvalue weighted by Gasteiger charge is 2.17. The monoisotopic (exact) mass is 471 g/mol. The molecule has 0 saturated heterocycles. The molecule has 8 aromatic rings. The van der Waals surface area contributed by atoms with Gasteiger partial charge >= 0.3 is 0 Å². The van der Waals surface area contributed by atoms with Crippen molar-refractivity contribution in [3.63, 3.8) is 0 Å². The zero-order valence-corrected chi connectivity index (χ0v) is 20.0. The summed E-state index contributed by atoms with van der Waals surface area (Å²) < 4.78 is 2.35. The molecule has 0 fully saturated rings. The van der Waals surface area contributed by atoms with Gasteiger partial charge in [-0.1, -0.05) is 78.9 Å². The second-order valence-electron chi connectivity index (χ2n) is 9.52. The van der Waals surface area contributed by atoms with Crippen LogP contribution in [0.1, 0.15) is 0 Å². The van der Waals surface area contributed by atoms with Crippen LogP contribution in [-0.4, -0.2) is 14.5 Å². The zero-order chi connectivity index (χ0) is 24.3. The fourth-order valence-electron chi connectivity index (χ4n) is 5.73. The van der Waals surface area contributed by atoms with Gasteiger partial charge in [-0.2, -0.15) is 0 Å². The minimum absolute atomic E-state index is 0.893. The lowest BCUT2D eigenvalue weighted by atomic mass is 9.99. The van der Waals surface area contributed by atoms with Gasteiger partial charge < -0.3 is 4.57 Å². The van der Waals surface area contributed by atoms with E-state index < -0.39 is 0 Å². The van der Waals surface area contributed by atoms with Gasteiger partial charge in [0.1, 0.15) is 5.52 Å². The molecular formula is C34H21N3. The van der Waals surface area contributed by atoms with Crippen molar-refractivity contribution in [3.05, 3.63) is 128 Å². The first kappa shape index (κ1) is 20.2. The number of para-hydroxylation sites is 1. The molecule has 0 spiro atoms. The smallest absolute Gasteiger partial charge is 0.113 e. The molecule has 8 rings (SSSR count). The van der Waals surface area contributed by atoms with E-state index in [1.807, 2.05) is 0 Å². The van der Waals surface area contributed by atoms with Gasteiger partial charge in [-0.15, -0.1) is 0 Å². The third-order valence-electron chi connectivity index (χ3n) is 7.45. The molecule has 3 nitrogen and oxygen atoms in total. The number of benzene rings is 6. The highest BCUT2D eigenvalue weighted by Crippen LogP contribution is 2.38. The molecule has 3 heteroatoms. The van der Waals surface area contributed by atoms with Crippen LogP contribution < -0.4 is 0 Å². The zero-order valence-electron chi connectivity index (χ0n) is 20.0. The molecule has 0 aliphatic rings. The standard InChI is InChI=1S/C34H21N3/c1-2-8-23-19-26(14-13-22(23)7-1)27-15-16-31(34-33(27)35-17-18-36-34)37-30-12-6-5-11-28(30)29-20-24-9-3-4-10-25(24)21-32(29)37/h1-21H. The molecule has 0 radical (unpaired) electrons. The lowest BCUT2D eigenvalue weighted by Crippen LogP contribution is -1.99. The van der Waals surface area contributed by atoms with Crippen molar-refractivity contribution in [2.24, 2.45) is 0 Å². The lowest BCUT2D eigenvalue weighted by Gasteiger charge is -2.14. The van der Waals surface area contributed by atoms with Crippen molar-refractivity contribution < 1.29 is 0 Å². The Bertz CT molecular complexity index is 2150. The van der Waals surface area contributed by atoms with Gasteiger partial charge in [0.2, 0.25) is 0 Å². The van der Waals surface area contributed by atoms with Crippen molar-refractivity contribution in [1.29, 1.82) is 0 Å². The van der Waals surface area contributed by atoms with E-state index in [1.165, 1.54) is 43.4 Å². The predicted octanol–water partition coefficient (Wildman–Crippen LogP) is 8.70. The van der Waals surface area contributed by atoms with Crippen molar-refractivity contribution in [1.82, 2.24) is 14.5 Å². The Balaban J connectivity index is 1.45. The normalized spacial score (nSPS) is 11.8. The lowest BCUT2D eigenvalue weighted by molar-refractivity contribution is 1.17. The molecule has 0 unspecified atom stereocenters. The van der Waals surface area contributed by atoms with Crippen molar-refractivity contribution in [2.75, 3.05) is 0 Å². The molecule has 0 aliphatic heterocycles. The van der Waals surface area contributed by atoms with Gasteiger partial charge in [-0.05, 0) is 63.5 Å². The van der Waals surface area contributed by atoms with Crippen LogP contribution in [0.5, 0.6) is 0 Å². The fourth-order valence-corrected chi connectivity index (χ4v) is 5.73. The molecule has 0 atom stereocenters. The van der Waals surface area contributed by atoms with Crippen LogP contribution in [0.3, 0.4) is 0 Å². The van der Waals surface area contributed by atoms with E-state index in [1.54, 1.807) is 12.4 Å². The second kappa shape index (κ2) is 7.74. The van der Waals surface area contributed by atoms with Crippen LogP contribution in [0.2, 0.25) is 0 Å². The van der Waals surface area contributed by atoms with E-state index in [-0.39, 0.29) is 0 Å². The summed E-state index contributed by atoms with van der Waals surface area (Å²) in [5.41, 5.74) is 7.40. The number of rotatable bonds is 2. The number of hydrogen-bond donors (Lipinski definition) is 0. The van der Waals surface area contributed by atoms with Crippen LogP contribution in [0, 0.1) is 0 Å². The quantitative estimate of drug-likeness (QED) is 0.252. The van der Waals surface area contributed by atoms with E-state index >= 15 is 0 Å². The Morgan fingerprint density at radius 3 is 1.97 bits per heavy atom. The Morgan fingerprint density at radius 1 is 0.459 bits per heavy atom. The molecule has 6 aromatic carbocycles. The van der Waals surface area contributed by atoms with E-state index in [2.05, 4.69) is 120 Å². The van der Waals surface area contributed by atoms with Crippen LogP contribution in [0.15, 0.2) is 128 Å². The summed E-state index contributed by atoms with van der Waals surface area (Å²) in [5, 5.41) is 7.39. The van der Waals surface area contributed by atoms with Gasteiger partial charge in [0.15, 0.2) is 0 Å². The Kier molecular flexibility index (Phi) is 4.23. The molecule has 0 amide bonds. The van der Waals surface area contributed by atoms with Crippen molar-refractivity contribution in [3.8, 4) is 16.8 Å². The summed E-state index contributed by atoms with van der Waals surface area (Å²) in [6.07, 6.45) is 3.58. The van der Waals surface area contributed by atoms with Crippen LogP contribution in [0.4, 0.5) is 0 Å². The molecular weight excluding hydrogens is 450 g/mol. The third kappa shape index (κ3) is 3.01. The summed E-state index contributed by atoms with van der Waals surface area (Å²) >= 11 is 0. The van der Waals surface area contributed by atoms with Gasteiger partial charge in [-0.3, -0.25) is 9.97 Å². The first-order valence-electron chi connectivity index (χ1n) is 12.5. The Morgan fingerprint density at radius 2 is 1.14 bits per heavy atom. The van der Waals surface area contributed by atoms with Gasteiger partial charge in [-0.25, -0.2) is 0 Å². The summed E-state index contributed by atoms with van der Waals surface area (Å²) in [6.45, 7) is 0. The molecule has 0 bridgehead atoms. The number of fused-ring (bicyclic) bond motifs is 6. The molecule has 2 heterocycles. The number of aromatic nitrogens is 3. The fraction of sp³-hybridized carbons (Fsp3) is 0. The third-order valence-corrected chi connectivity index (χ3v) is 7.45. The van der Waals surface area contributed by atoms with Gasteiger partial charge in [0.25, 0.3) is 0 Å².